The Hall–Kier alpha value is -2.47. The summed E-state index contributed by atoms with van der Waals surface area (Å²) in [6.45, 7) is 2.72. The molecule has 5 nitrogen and oxygen atoms in total. The molecule has 24 heavy (non-hydrogen) atoms. The first kappa shape index (κ1) is 15.1. The minimum Gasteiger partial charge on any atom is -0.407 e. The lowest BCUT2D eigenvalue weighted by Gasteiger charge is -2.32. The summed E-state index contributed by atoms with van der Waals surface area (Å²) < 4.78 is 6.72. The van der Waals surface area contributed by atoms with Crippen LogP contribution in [0.1, 0.15) is 17.3 Å². The Labute approximate surface area is 142 Å². The summed E-state index contributed by atoms with van der Waals surface area (Å²) in [5.41, 5.74) is 2.29. The number of hydrogen-bond acceptors (Lipinski definition) is 4. The van der Waals surface area contributed by atoms with Crippen LogP contribution in [0.4, 0.5) is 5.69 Å². The smallest absolute Gasteiger partial charge is 0.407 e. The molecule has 0 fully saturated rings. The van der Waals surface area contributed by atoms with Crippen LogP contribution >= 0.6 is 11.8 Å². The van der Waals surface area contributed by atoms with Gasteiger partial charge < -0.3 is 9.32 Å². The molecule has 0 unspecified atom stereocenters. The van der Waals surface area contributed by atoms with Crippen LogP contribution in [0.25, 0.3) is 11.1 Å². The number of aromatic nitrogens is 1. The molecular weight excluding hydrogens is 324 g/mol. The van der Waals surface area contributed by atoms with Crippen LogP contribution in [-0.2, 0) is 7.05 Å². The maximum absolute atomic E-state index is 13.2. The molecule has 0 saturated heterocycles. The van der Waals surface area contributed by atoms with Crippen LogP contribution in [0.15, 0.2) is 56.6 Å². The van der Waals surface area contributed by atoms with E-state index in [9.17, 15) is 9.59 Å². The summed E-state index contributed by atoms with van der Waals surface area (Å²) in [4.78, 5) is 27.9. The summed E-state index contributed by atoms with van der Waals surface area (Å²) in [5.74, 6) is -0.609. The predicted octanol–water partition coefficient (Wildman–Crippen LogP) is 3.27. The van der Waals surface area contributed by atoms with Crippen molar-refractivity contribution < 1.29 is 9.21 Å². The molecule has 1 aliphatic rings. The molecule has 0 radical (unpaired) electrons. The van der Waals surface area contributed by atoms with Gasteiger partial charge in [-0.3, -0.25) is 9.36 Å². The van der Waals surface area contributed by atoms with E-state index in [0.717, 1.165) is 10.6 Å². The quantitative estimate of drug-likeness (QED) is 0.682. The SMILES string of the molecule is C[C@@H]1CN(C(=O)c2cccc3c2oc(=O)n3C)c2ccccc2S1. The molecule has 1 aromatic heterocycles. The fourth-order valence-corrected chi connectivity index (χ4v) is 4.16. The number of amides is 1. The van der Waals surface area contributed by atoms with Gasteiger partial charge >= 0.3 is 5.76 Å². The van der Waals surface area contributed by atoms with Crippen molar-refractivity contribution in [3.05, 3.63) is 58.6 Å². The number of hydrogen-bond donors (Lipinski definition) is 0. The number of oxazole rings is 1. The molecule has 2 heterocycles. The monoisotopic (exact) mass is 340 g/mol. The number of fused-ring (bicyclic) bond motifs is 2. The van der Waals surface area contributed by atoms with Crippen molar-refractivity contribution in [2.45, 2.75) is 17.1 Å². The highest BCUT2D eigenvalue weighted by Gasteiger charge is 2.29. The zero-order valence-electron chi connectivity index (χ0n) is 13.4. The Balaban J connectivity index is 1.86. The molecular formula is C18H16N2O3S. The normalized spacial score (nSPS) is 17.1. The van der Waals surface area contributed by atoms with E-state index in [2.05, 4.69) is 6.92 Å². The van der Waals surface area contributed by atoms with E-state index in [1.807, 2.05) is 24.3 Å². The Morgan fingerprint density at radius 3 is 2.83 bits per heavy atom. The maximum Gasteiger partial charge on any atom is 0.419 e. The van der Waals surface area contributed by atoms with Crippen LogP contribution in [0.2, 0.25) is 0 Å². The summed E-state index contributed by atoms with van der Waals surface area (Å²) in [6.07, 6.45) is 0. The van der Waals surface area contributed by atoms with Crippen molar-refractivity contribution in [1.29, 1.82) is 0 Å². The third-order valence-corrected chi connectivity index (χ3v) is 5.37. The second-order valence-electron chi connectivity index (χ2n) is 5.89. The van der Waals surface area contributed by atoms with Gasteiger partial charge in [0.25, 0.3) is 5.91 Å². The molecule has 0 saturated carbocycles. The van der Waals surface area contributed by atoms with Crippen LogP contribution in [0.5, 0.6) is 0 Å². The van der Waals surface area contributed by atoms with Crippen LogP contribution in [-0.4, -0.2) is 22.3 Å². The van der Waals surface area contributed by atoms with E-state index in [4.69, 9.17) is 4.42 Å². The van der Waals surface area contributed by atoms with Crippen molar-refractivity contribution in [3.63, 3.8) is 0 Å². The summed E-state index contributed by atoms with van der Waals surface area (Å²) in [7, 11) is 1.64. The minimum atomic E-state index is -0.465. The number of para-hydroxylation sites is 2. The van der Waals surface area contributed by atoms with Gasteiger partial charge in [0, 0.05) is 23.7 Å². The van der Waals surface area contributed by atoms with Crippen LogP contribution in [0.3, 0.4) is 0 Å². The number of nitrogens with zero attached hydrogens (tertiary/aromatic N) is 2. The number of rotatable bonds is 1. The summed E-state index contributed by atoms with van der Waals surface area (Å²) in [5, 5.41) is 0.297. The third kappa shape index (κ3) is 2.26. The molecule has 1 aliphatic heterocycles. The average Bonchev–Trinajstić information content (AvgIpc) is 2.88. The predicted molar refractivity (Wildman–Crippen MR) is 94.9 cm³/mol. The first-order valence-corrected chi connectivity index (χ1v) is 8.60. The van der Waals surface area contributed by atoms with Gasteiger partial charge in [-0.05, 0) is 24.3 Å². The zero-order chi connectivity index (χ0) is 16.8. The number of thioether (sulfide) groups is 1. The maximum atomic E-state index is 13.2. The second kappa shape index (κ2) is 5.56. The standard InChI is InChI=1S/C18H16N2O3S/c1-11-10-20(13-7-3-4-9-15(13)24-11)17(21)12-6-5-8-14-16(12)23-18(22)19(14)2/h3-9,11H,10H2,1-2H3/t11-/m1/s1. The molecule has 0 aliphatic carbocycles. The Morgan fingerprint density at radius 2 is 2.00 bits per heavy atom. The van der Waals surface area contributed by atoms with Gasteiger partial charge in [-0.2, -0.15) is 0 Å². The van der Waals surface area contributed by atoms with Crippen molar-refractivity contribution in [2.24, 2.45) is 7.05 Å². The van der Waals surface area contributed by atoms with Gasteiger partial charge in [0.05, 0.1) is 16.8 Å². The highest BCUT2D eigenvalue weighted by molar-refractivity contribution is 8.00. The number of aryl methyl sites for hydroxylation is 1. The molecule has 3 aromatic rings. The molecule has 0 spiro atoms. The van der Waals surface area contributed by atoms with Crippen molar-refractivity contribution >= 4 is 34.5 Å². The van der Waals surface area contributed by atoms with Gasteiger partial charge in [-0.25, -0.2) is 4.79 Å². The third-order valence-electron chi connectivity index (χ3n) is 4.22. The second-order valence-corrected chi connectivity index (χ2v) is 7.37. The molecule has 0 bridgehead atoms. The fraction of sp³-hybridized carbons (Fsp3) is 0.222. The summed E-state index contributed by atoms with van der Waals surface area (Å²) in [6, 6.07) is 13.1. The molecule has 4 rings (SSSR count). The van der Waals surface area contributed by atoms with E-state index >= 15 is 0 Å². The van der Waals surface area contributed by atoms with Gasteiger partial charge in [0.2, 0.25) is 0 Å². The first-order valence-electron chi connectivity index (χ1n) is 7.72. The zero-order valence-corrected chi connectivity index (χ0v) is 14.2. The molecule has 6 heteroatoms. The van der Waals surface area contributed by atoms with Crippen molar-refractivity contribution in [1.82, 2.24) is 4.57 Å². The lowest BCUT2D eigenvalue weighted by molar-refractivity contribution is 0.0987. The molecule has 1 atom stereocenters. The van der Waals surface area contributed by atoms with Gasteiger partial charge in [-0.15, -0.1) is 11.8 Å². The number of carbonyl (C=O) groups is 1. The highest BCUT2D eigenvalue weighted by atomic mass is 32.2. The lowest BCUT2D eigenvalue weighted by Crippen LogP contribution is -2.38. The Kier molecular flexibility index (Phi) is 3.49. The number of carbonyl (C=O) groups excluding carboxylic acids is 1. The first-order chi connectivity index (χ1) is 11.6. The Bertz CT molecular complexity index is 1000. The van der Waals surface area contributed by atoms with E-state index in [1.165, 1.54) is 4.57 Å². The Morgan fingerprint density at radius 1 is 1.21 bits per heavy atom. The van der Waals surface area contributed by atoms with Crippen LogP contribution < -0.4 is 10.7 Å². The average molecular weight is 340 g/mol. The number of anilines is 1. The topological polar surface area (TPSA) is 55.5 Å². The summed E-state index contributed by atoms with van der Waals surface area (Å²) >= 11 is 1.77. The van der Waals surface area contributed by atoms with Gasteiger partial charge in [0.1, 0.15) is 0 Å². The van der Waals surface area contributed by atoms with Gasteiger partial charge in [0.15, 0.2) is 5.58 Å². The van der Waals surface area contributed by atoms with Crippen molar-refractivity contribution in [2.75, 3.05) is 11.4 Å². The van der Waals surface area contributed by atoms with Gasteiger partial charge in [-0.1, -0.05) is 25.1 Å². The van der Waals surface area contributed by atoms with Crippen molar-refractivity contribution in [3.8, 4) is 0 Å². The van der Waals surface area contributed by atoms with Crippen LogP contribution in [0, 0.1) is 0 Å². The highest BCUT2D eigenvalue weighted by Crippen LogP contribution is 2.39. The fourth-order valence-electron chi connectivity index (χ4n) is 3.05. The number of benzene rings is 2. The van der Waals surface area contributed by atoms with E-state index in [-0.39, 0.29) is 5.91 Å². The molecule has 1 amide bonds. The largest absolute Gasteiger partial charge is 0.419 e. The van der Waals surface area contributed by atoms with E-state index in [1.54, 1.807) is 41.9 Å². The molecule has 0 N–H and O–H groups in total. The molecule has 2 aromatic carbocycles. The van der Waals surface area contributed by atoms with E-state index < -0.39 is 5.76 Å². The van der Waals surface area contributed by atoms with E-state index in [0.29, 0.717) is 28.5 Å². The molecule has 122 valence electrons. The minimum absolute atomic E-state index is 0.144. The lowest BCUT2D eigenvalue weighted by atomic mass is 10.1.